The smallest absolute Gasteiger partial charge is 0.324 e. The predicted molar refractivity (Wildman–Crippen MR) is 92.5 cm³/mol. The lowest BCUT2D eigenvalue weighted by Crippen LogP contribution is -2.19. The maximum absolute atomic E-state index is 12.0. The number of hydrogen-bond donors (Lipinski definition) is 2. The van der Waals surface area contributed by atoms with E-state index in [9.17, 15) is 4.79 Å². The lowest BCUT2D eigenvalue weighted by molar-refractivity contribution is 0.262. The van der Waals surface area contributed by atoms with Crippen LogP contribution in [0.5, 0.6) is 5.75 Å². The van der Waals surface area contributed by atoms with Gasteiger partial charge in [0.2, 0.25) is 0 Å². The van der Waals surface area contributed by atoms with Gasteiger partial charge in [0.25, 0.3) is 0 Å². The van der Waals surface area contributed by atoms with Crippen molar-refractivity contribution in [3.05, 3.63) is 36.1 Å². The van der Waals surface area contributed by atoms with Crippen LogP contribution in [-0.2, 0) is 5.41 Å². The highest BCUT2D eigenvalue weighted by Gasteiger charge is 2.22. The summed E-state index contributed by atoms with van der Waals surface area (Å²) in [5.41, 5.74) is 0.533. The van der Waals surface area contributed by atoms with Crippen molar-refractivity contribution in [1.82, 2.24) is 5.16 Å². The molecule has 6 nitrogen and oxygen atoms in total. The van der Waals surface area contributed by atoms with Gasteiger partial charge in [0, 0.05) is 17.2 Å². The van der Waals surface area contributed by atoms with Gasteiger partial charge in [-0.3, -0.25) is 5.32 Å². The molecule has 1 aromatic carbocycles. The van der Waals surface area contributed by atoms with Crippen molar-refractivity contribution >= 4 is 17.5 Å². The average molecular weight is 329 g/mol. The molecule has 1 aliphatic rings. The fourth-order valence-corrected chi connectivity index (χ4v) is 2.10. The molecule has 1 heterocycles. The number of nitrogens with one attached hydrogen (secondary N) is 2. The number of urea groups is 1. The molecular formula is C18H23N3O3. The number of aromatic nitrogens is 1. The van der Waals surface area contributed by atoms with Gasteiger partial charge < -0.3 is 14.6 Å². The minimum Gasteiger partial charge on any atom is -0.493 e. The molecule has 0 saturated heterocycles. The van der Waals surface area contributed by atoms with Crippen molar-refractivity contribution in [1.29, 1.82) is 0 Å². The topological polar surface area (TPSA) is 76.4 Å². The van der Waals surface area contributed by atoms with Crippen molar-refractivity contribution < 1.29 is 14.1 Å². The number of carbonyl (C=O) groups is 1. The van der Waals surface area contributed by atoms with Crippen LogP contribution in [0.2, 0.25) is 0 Å². The Morgan fingerprint density at radius 2 is 1.96 bits per heavy atom. The van der Waals surface area contributed by atoms with E-state index in [0.717, 1.165) is 18.1 Å². The molecule has 2 N–H and O–H groups in total. The number of carbonyl (C=O) groups excluding carboxylic acids is 1. The molecule has 0 bridgehead atoms. The Bertz CT molecular complexity index is 697. The summed E-state index contributed by atoms with van der Waals surface area (Å²) in [6, 6.07) is 8.69. The monoisotopic (exact) mass is 329 g/mol. The van der Waals surface area contributed by atoms with Crippen LogP contribution in [0, 0.1) is 5.92 Å². The van der Waals surface area contributed by atoms with Gasteiger partial charge in [-0.15, -0.1) is 0 Å². The molecule has 0 atom stereocenters. The second-order valence-corrected chi connectivity index (χ2v) is 7.18. The van der Waals surface area contributed by atoms with E-state index < -0.39 is 0 Å². The molecule has 1 aliphatic carbocycles. The first kappa shape index (κ1) is 16.4. The van der Waals surface area contributed by atoms with Crippen molar-refractivity contribution in [2.75, 3.05) is 17.2 Å². The molecule has 1 aromatic heterocycles. The highest BCUT2D eigenvalue weighted by Crippen LogP contribution is 2.29. The van der Waals surface area contributed by atoms with Crippen LogP contribution < -0.4 is 15.4 Å². The molecule has 1 fully saturated rings. The number of anilines is 2. The van der Waals surface area contributed by atoms with Crippen LogP contribution >= 0.6 is 0 Å². The summed E-state index contributed by atoms with van der Waals surface area (Å²) in [5, 5.41) is 9.27. The standard InChI is InChI=1S/C18H23N3O3/c1-18(2,3)15-10-16(21-24-15)20-17(22)19-13-6-8-14(9-7-13)23-11-12-4-5-12/h6-10,12H,4-5,11H2,1-3H3,(H2,19,20,21,22). The van der Waals surface area contributed by atoms with Gasteiger partial charge >= 0.3 is 6.03 Å². The van der Waals surface area contributed by atoms with E-state index in [1.165, 1.54) is 12.8 Å². The average Bonchev–Trinajstić information content (AvgIpc) is 3.22. The van der Waals surface area contributed by atoms with Crippen molar-refractivity contribution in [2.45, 2.75) is 39.0 Å². The normalized spacial score (nSPS) is 14.3. The fraction of sp³-hybridized carbons (Fsp3) is 0.444. The fourth-order valence-electron chi connectivity index (χ4n) is 2.10. The molecule has 0 aliphatic heterocycles. The first-order chi connectivity index (χ1) is 11.4. The largest absolute Gasteiger partial charge is 0.493 e. The highest BCUT2D eigenvalue weighted by molar-refractivity contribution is 5.99. The molecule has 24 heavy (non-hydrogen) atoms. The third kappa shape index (κ3) is 4.50. The van der Waals surface area contributed by atoms with Gasteiger partial charge in [-0.1, -0.05) is 25.9 Å². The van der Waals surface area contributed by atoms with E-state index in [1.54, 1.807) is 6.07 Å². The quantitative estimate of drug-likeness (QED) is 0.852. The third-order valence-corrected chi connectivity index (χ3v) is 3.79. The van der Waals surface area contributed by atoms with Gasteiger partial charge in [0.1, 0.15) is 11.5 Å². The highest BCUT2D eigenvalue weighted by atomic mass is 16.5. The molecule has 2 aromatic rings. The molecule has 1 saturated carbocycles. The molecule has 0 radical (unpaired) electrons. The van der Waals surface area contributed by atoms with Gasteiger partial charge in [0.15, 0.2) is 5.82 Å². The van der Waals surface area contributed by atoms with E-state index in [0.29, 0.717) is 17.4 Å². The summed E-state index contributed by atoms with van der Waals surface area (Å²) >= 11 is 0. The van der Waals surface area contributed by atoms with E-state index in [1.807, 2.05) is 45.0 Å². The van der Waals surface area contributed by atoms with E-state index >= 15 is 0 Å². The molecule has 0 unspecified atom stereocenters. The van der Waals surface area contributed by atoms with Gasteiger partial charge in [-0.05, 0) is 43.0 Å². The van der Waals surface area contributed by atoms with Crippen molar-refractivity contribution in [3.8, 4) is 5.75 Å². The van der Waals surface area contributed by atoms with Crippen molar-refractivity contribution in [2.24, 2.45) is 5.92 Å². The number of rotatable bonds is 5. The van der Waals surface area contributed by atoms with Gasteiger partial charge in [-0.25, -0.2) is 4.79 Å². The summed E-state index contributed by atoms with van der Waals surface area (Å²) in [6.45, 7) is 6.83. The first-order valence-electron chi connectivity index (χ1n) is 8.18. The first-order valence-corrected chi connectivity index (χ1v) is 8.18. The molecule has 6 heteroatoms. The number of ether oxygens (including phenoxy) is 1. The van der Waals surface area contributed by atoms with Crippen LogP contribution in [0.4, 0.5) is 16.3 Å². The second kappa shape index (κ2) is 6.55. The van der Waals surface area contributed by atoms with Crippen LogP contribution in [0.3, 0.4) is 0 Å². The Kier molecular flexibility index (Phi) is 4.46. The summed E-state index contributed by atoms with van der Waals surface area (Å²) in [6.07, 6.45) is 2.53. The molecule has 0 spiro atoms. The number of hydrogen-bond acceptors (Lipinski definition) is 4. The number of amides is 2. The van der Waals surface area contributed by atoms with Crippen LogP contribution in [0.15, 0.2) is 34.9 Å². The zero-order valence-electron chi connectivity index (χ0n) is 14.3. The molecule has 128 valence electrons. The SMILES string of the molecule is CC(C)(C)c1cc(NC(=O)Nc2ccc(OCC3CC3)cc2)no1. The number of benzene rings is 1. The minimum absolute atomic E-state index is 0.153. The zero-order valence-corrected chi connectivity index (χ0v) is 14.3. The molecular weight excluding hydrogens is 306 g/mol. The Morgan fingerprint density at radius 1 is 1.25 bits per heavy atom. The zero-order chi connectivity index (χ0) is 17.2. The second-order valence-electron chi connectivity index (χ2n) is 7.18. The lowest BCUT2D eigenvalue weighted by Gasteiger charge is -2.12. The Labute approximate surface area is 141 Å². The van der Waals surface area contributed by atoms with E-state index in [-0.39, 0.29) is 11.4 Å². The maximum atomic E-state index is 12.0. The molecule has 3 rings (SSSR count). The Morgan fingerprint density at radius 3 is 2.54 bits per heavy atom. The van der Waals surface area contributed by atoms with Crippen LogP contribution in [0.25, 0.3) is 0 Å². The summed E-state index contributed by atoms with van der Waals surface area (Å²) in [7, 11) is 0. The van der Waals surface area contributed by atoms with Crippen molar-refractivity contribution in [3.63, 3.8) is 0 Å². The van der Waals surface area contributed by atoms with Gasteiger partial charge in [0.05, 0.1) is 6.61 Å². The lowest BCUT2D eigenvalue weighted by atomic mass is 9.93. The minimum atomic E-state index is -0.365. The summed E-state index contributed by atoms with van der Waals surface area (Å²) in [5.74, 6) is 2.64. The summed E-state index contributed by atoms with van der Waals surface area (Å²) in [4.78, 5) is 12.0. The maximum Gasteiger partial charge on any atom is 0.324 e. The number of nitrogens with zero attached hydrogens (tertiary/aromatic N) is 1. The Hall–Kier alpha value is -2.50. The molecule has 2 amide bonds. The van der Waals surface area contributed by atoms with E-state index in [4.69, 9.17) is 9.26 Å². The third-order valence-electron chi connectivity index (χ3n) is 3.79. The van der Waals surface area contributed by atoms with Crippen LogP contribution in [0.1, 0.15) is 39.4 Å². The Balaban J connectivity index is 1.51. The predicted octanol–water partition coefficient (Wildman–Crippen LogP) is 4.40. The van der Waals surface area contributed by atoms with Crippen LogP contribution in [-0.4, -0.2) is 17.8 Å². The van der Waals surface area contributed by atoms with Gasteiger partial charge in [-0.2, -0.15) is 0 Å². The summed E-state index contributed by atoms with van der Waals surface area (Å²) < 4.78 is 10.9. The van der Waals surface area contributed by atoms with E-state index in [2.05, 4.69) is 15.8 Å².